The molecule has 152 valence electrons. The smallest absolute Gasteiger partial charge is 0.348 e. The van der Waals surface area contributed by atoms with Crippen LogP contribution < -0.4 is 4.74 Å². The van der Waals surface area contributed by atoms with E-state index in [1.165, 1.54) is 23.3 Å². The van der Waals surface area contributed by atoms with Gasteiger partial charge < -0.3 is 14.6 Å². The van der Waals surface area contributed by atoms with E-state index in [1.54, 1.807) is 12.1 Å². The minimum Gasteiger partial charge on any atom is -0.508 e. The highest BCUT2D eigenvalue weighted by Gasteiger charge is 2.22. The van der Waals surface area contributed by atoms with E-state index in [1.807, 2.05) is 25.1 Å². The second-order valence-corrected chi connectivity index (χ2v) is 8.14. The molecule has 1 N–H and O–H groups in total. The summed E-state index contributed by atoms with van der Waals surface area (Å²) in [7, 11) is 1.40. The van der Waals surface area contributed by atoms with Gasteiger partial charge in [-0.3, -0.25) is 4.79 Å². The van der Waals surface area contributed by atoms with Crippen molar-refractivity contribution < 1.29 is 24.2 Å². The Kier molecular flexibility index (Phi) is 8.51. The number of carbonyl (C=O) groups is 2. The third-order valence-electron chi connectivity index (χ3n) is 4.41. The van der Waals surface area contributed by atoms with E-state index in [2.05, 4.69) is 11.7 Å². The summed E-state index contributed by atoms with van der Waals surface area (Å²) >= 11 is 1.52. The zero-order valence-corrected chi connectivity index (χ0v) is 17.5. The van der Waals surface area contributed by atoms with Crippen molar-refractivity contribution in [2.45, 2.75) is 46.0 Å². The van der Waals surface area contributed by atoms with Crippen molar-refractivity contribution in [2.24, 2.45) is 5.92 Å². The molecule has 2 aromatic rings. The summed E-state index contributed by atoms with van der Waals surface area (Å²) < 4.78 is 10.2. The van der Waals surface area contributed by atoms with Gasteiger partial charge in [0.1, 0.15) is 22.2 Å². The lowest BCUT2D eigenvalue weighted by Crippen LogP contribution is -2.08. The summed E-state index contributed by atoms with van der Waals surface area (Å²) in [5.74, 6) is 1.34. The molecule has 1 unspecified atom stereocenters. The third-order valence-corrected chi connectivity index (χ3v) is 5.54. The van der Waals surface area contributed by atoms with Crippen molar-refractivity contribution in [3.05, 3.63) is 45.6 Å². The molecule has 0 amide bonds. The topological polar surface area (TPSA) is 72.8 Å². The Labute approximate surface area is 170 Å². The first-order valence-corrected chi connectivity index (χ1v) is 10.3. The summed E-state index contributed by atoms with van der Waals surface area (Å²) in [6.45, 7) is 4.60. The number of methoxy groups -OCH3 is 1. The average molecular weight is 405 g/mol. The average Bonchev–Trinajstić information content (AvgIpc) is 3.28. The Bertz CT molecular complexity index is 776. The molecule has 1 fully saturated rings. The fourth-order valence-electron chi connectivity index (χ4n) is 3.03. The number of hydrogen-bond acceptors (Lipinski definition) is 6. The number of esters is 1. The predicted molar refractivity (Wildman–Crippen MR) is 110 cm³/mol. The number of rotatable bonds is 6. The van der Waals surface area contributed by atoms with Crippen molar-refractivity contribution in [1.29, 1.82) is 0 Å². The van der Waals surface area contributed by atoms with Crippen molar-refractivity contribution >= 4 is 23.1 Å². The minimum atomic E-state index is -0.234. The van der Waals surface area contributed by atoms with E-state index in [9.17, 15) is 14.7 Å². The first-order chi connectivity index (χ1) is 13.4. The Morgan fingerprint density at radius 2 is 2.07 bits per heavy atom. The molecule has 3 rings (SSSR count). The molecule has 1 aromatic heterocycles. The number of ether oxygens (including phenoxy) is 2. The van der Waals surface area contributed by atoms with Crippen LogP contribution in [-0.2, 0) is 16.0 Å². The van der Waals surface area contributed by atoms with Crippen molar-refractivity contribution in [2.75, 3.05) is 13.7 Å². The molecule has 1 heterocycles. The highest BCUT2D eigenvalue weighted by Crippen LogP contribution is 2.25. The molecule has 1 aliphatic carbocycles. The zero-order chi connectivity index (χ0) is 20.5. The molecule has 1 aromatic carbocycles. The van der Waals surface area contributed by atoms with E-state index in [-0.39, 0.29) is 11.7 Å². The van der Waals surface area contributed by atoms with Crippen LogP contribution in [0, 0.1) is 12.8 Å². The summed E-state index contributed by atoms with van der Waals surface area (Å²) in [5, 5.41) is 9.39. The number of ketones is 1. The Balaban J connectivity index is 0.000000209. The van der Waals surface area contributed by atoms with Gasteiger partial charge in [0.05, 0.1) is 13.7 Å². The van der Waals surface area contributed by atoms with Gasteiger partial charge in [0.25, 0.3) is 0 Å². The summed E-state index contributed by atoms with van der Waals surface area (Å²) in [6, 6.07) is 8.98. The van der Waals surface area contributed by atoms with E-state index >= 15 is 0 Å². The molecule has 0 radical (unpaired) electrons. The highest BCUT2D eigenvalue weighted by molar-refractivity contribution is 7.13. The van der Waals surface area contributed by atoms with Crippen LogP contribution in [0.2, 0.25) is 0 Å². The molecule has 1 atom stereocenters. The van der Waals surface area contributed by atoms with Gasteiger partial charge in [-0.1, -0.05) is 13.3 Å². The lowest BCUT2D eigenvalue weighted by Gasteiger charge is -2.11. The molecule has 0 saturated heterocycles. The minimum absolute atomic E-state index is 0.220. The second kappa shape index (κ2) is 10.9. The lowest BCUT2D eigenvalue weighted by molar-refractivity contribution is -0.117. The predicted octanol–water partition coefficient (Wildman–Crippen LogP) is 4.94. The Hall–Kier alpha value is -2.34. The van der Waals surface area contributed by atoms with Crippen LogP contribution in [0.3, 0.4) is 0 Å². The fourth-order valence-corrected chi connectivity index (χ4v) is 4.06. The van der Waals surface area contributed by atoms with Crippen molar-refractivity contribution in [3.63, 3.8) is 0 Å². The number of phenolic OH excluding ortho intramolecular Hbond substituents is 1. The number of Topliss-reactive ketones (excluding diaryl/α,β-unsaturated/α-hetero) is 1. The second-order valence-electron chi connectivity index (χ2n) is 6.97. The van der Waals surface area contributed by atoms with Gasteiger partial charge in [-0.25, -0.2) is 4.79 Å². The molecule has 0 spiro atoms. The van der Waals surface area contributed by atoms with E-state index in [4.69, 9.17) is 4.74 Å². The Morgan fingerprint density at radius 3 is 2.68 bits per heavy atom. The number of phenols is 1. The molecule has 6 heteroatoms. The maximum atomic E-state index is 11.1. The number of aryl methyl sites for hydroxylation is 2. The summed E-state index contributed by atoms with van der Waals surface area (Å²) in [4.78, 5) is 24.0. The van der Waals surface area contributed by atoms with Crippen molar-refractivity contribution in [3.8, 4) is 11.5 Å². The van der Waals surface area contributed by atoms with Gasteiger partial charge >= 0.3 is 5.97 Å². The van der Waals surface area contributed by atoms with Gasteiger partial charge in [-0.2, -0.15) is 0 Å². The van der Waals surface area contributed by atoms with E-state index in [0.29, 0.717) is 41.8 Å². The fraction of sp³-hybridized carbons (Fsp3) is 0.455. The zero-order valence-electron chi connectivity index (χ0n) is 16.7. The molecule has 1 aliphatic rings. The molecule has 28 heavy (non-hydrogen) atoms. The van der Waals surface area contributed by atoms with Gasteiger partial charge in [-0.15, -0.1) is 11.3 Å². The van der Waals surface area contributed by atoms with Gasteiger partial charge in [0.2, 0.25) is 0 Å². The Morgan fingerprint density at radius 1 is 1.29 bits per heavy atom. The van der Waals surface area contributed by atoms with Crippen LogP contribution in [0.1, 0.15) is 52.7 Å². The highest BCUT2D eigenvalue weighted by atomic mass is 32.1. The first-order valence-electron chi connectivity index (χ1n) is 9.53. The van der Waals surface area contributed by atoms with Crippen LogP contribution in [0.25, 0.3) is 0 Å². The molecular weight excluding hydrogens is 376 g/mol. The van der Waals surface area contributed by atoms with E-state index < -0.39 is 0 Å². The maximum Gasteiger partial charge on any atom is 0.348 e. The van der Waals surface area contributed by atoms with Gasteiger partial charge in [-0.05, 0) is 49.6 Å². The molecule has 1 saturated carbocycles. The SMILES string of the molecule is CCCc1ccc(C(=O)OC)s1.Cc1cc(O)cc(OCC2CCC(=O)C2)c1. The maximum absolute atomic E-state index is 11.1. The number of hydrogen-bond donors (Lipinski definition) is 1. The van der Waals surface area contributed by atoms with Crippen LogP contribution in [0.5, 0.6) is 11.5 Å². The summed E-state index contributed by atoms with van der Waals surface area (Å²) in [5.41, 5.74) is 0.970. The normalized spacial score (nSPS) is 15.7. The number of benzene rings is 1. The monoisotopic (exact) mass is 404 g/mol. The summed E-state index contributed by atoms with van der Waals surface area (Å²) in [6.07, 6.45) is 4.41. The number of carbonyl (C=O) groups excluding carboxylic acids is 2. The molecule has 0 bridgehead atoms. The van der Waals surface area contributed by atoms with Crippen LogP contribution in [0.15, 0.2) is 30.3 Å². The van der Waals surface area contributed by atoms with Gasteiger partial charge in [0, 0.05) is 29.7 Å². The van der Waals surface area contributed by atoms with Crippen LogP contribution in [-0.4, -0.2) is 30.6 Å². The molecule has 5 nitrogen and oxygen atoms in total. The van der Waals surface area contributed by atoms with Crippen molar-refractivity contribution in [1.82, 2.24) is 0 Å². The lowest BCUT2D eigenvalue weighted by atomic mass is 10.1. The quantitative estimate of drug-likeness (QED) is 0.691. The number of thiophene rings is 1. The molecule has 0 aliphatic heterocycles. The van der Waals surface area contributed by atoms with Gasteiger partial charge in [0.15, 0.2) is 0 Å². The van der Waals surface area contributed by atoms with E-state index in [0.717, 1.165) is 24.8 Å². The first kappa shape index (κ1) is 22.0. The molecular formula is C22H28O5S. The standard InChI is InChI=1S/C13H16O3.C9H12O2S/c1-9-4-12(15)7-13(5-9)16-8-10-2-3-11(14)6-10;1-3-4-7-5-6-8(12-7)9(10)11-2/h4-5,7,10,15H,2-3,6,8H2,1H3;5-6H,3-4H2,1-2H3. The van der Waals surface area contributed by atoms with Crippen LogP contribution >= 0.6 is 11.3 Å². The third kappa shape index (κ3) is 7.00. The number of aromatic hydroxyl groups is 1. The van der Waals surface area contributed by atoms with Crippen LogP contribution in [0.4, 0.5) is 0 Å². The largest absolute Gasteiger partial charge is 0.508 e.